The molecule has 2 rings (SSSR count). The van der Waals surface area contributed by atoms with Gasteiger partial charge in [0.1, 0.15) is 5.60 Å². The third-order valence-corrected chi connectivity index (χ3v) is 3.76. The molecule has 3 N–H and O–H groups in total. The minimum atomic E-state index is -1.02. The van der Waals surface area contributed by atoms with Gasteiger partial charge in [0.25, 0.3) is 0 Å². The van der Waals surface area contributed by atoms with E-state index in [1.165, 1.54) is 11.3 Å². The van der Waals surface area contributed by atoms with Gasteiger partial charge in [-0.15, -0.1) is 0 Å². The van der Waals surface area contributed by atoms with Gasteiger partial charge in [-0.2, -0.15) is 11.3 Å². The van der Waals surface area contributed by atoms with Gasteiger partial charge >= 0.3 is 6.03 Å². The number of urea groups is 1. The summed E-state index contributed by atoms with van der Waals surface area (Å²) in [7, 11) is 0. The number of carbonyl (C=O) groups excluding carboxylic acids is 1. The summed E-state index contributed by atoms with van der Waals surface area (Å²) < 4.78 is 0. The Hall–Kier alpha value is -1.33. The molecule has 1 aromatic rings. The lowest BCUT2D eigenvalue weighted by atomic mass is 9.99. The standard InChI is InChI=1S/C13H18N2O2S/c1-13(17,10-6-7-18-8-10)9-14-12(16)15-11-4-2-3-5-11/h2-3,6-8,11,17H,4-5,9H2,1H3,(H2,14,15,16). The molecular formula is C13H18N2O2S. The number of carbonyl (C=O) groups is 1. The minimum Gasteiger partial charge on any atom is -0.384 e. The van der Waals surface area contributed by atoms with Crippen molar-refractivity contribution in [1.82, 2.24) is 10.6 Å². The summed E-state index contributed by atoms with van der Waals surface area (Å²) >= 11 is 1.53. The zero-order valence-corrected chi connectivity index (χ0v) is 11.2. The van der Waals surface area contributed by atoms with Gasteiger partial charge in [0, 0.05) is 6.04 Å². The van der Waals surface area contributed by atoms with Crippen LogP contribution >= 0.6 is 11.3 Å². The molecule has 1 heterocycles. The maximum Gasteiger partial charge on any atom is 0.315 e. The van der Waals surface area contributed by atoms with E-state index in [2.05, 4.69) is 22.8 Å². The van der Waals surface area contributed by atoms with Crippen molar-refractivity contribution in [2.45, 2.75) is 31.4 Å². The van der Waals surface area contributed by atoms with Crippen LogP contribution in [-0.2, 0) is 5.60 Å². The number of rotatable bonds is 4. The highest BCUT2D eigenvalue weighted by atomic mass is 32.1. The Morgan fingerprint density at radius 1 is 1.56 bits per heavy atom. The maximum atomic E-state index is 11.7. The van der Waals surface area contributed by atoms with Crippen LogP contribution < -0.4 is 10.6 Å². The molecule has 0 aliphatic heterocycles. The van der Waals surface area contributed by atoms with Gasteiger partial charge in [0.05, 0.1) is 6.54 Å². The zero-order valence-electron chi connectivity index (χ0n) is 10.3. The van der Waals surface area contributed by atoms with Crippen molar-refractivity contribution in [2.24, 2.45) is 0 Å². The van der Waals surface area contributed by atoms with Gasteiger partial charge in [0.2, 0.25) is 0 Å². The average Bonchev–Trinajstić information content (AvgIpc) is 2.99. The van der Waals surface area contributed by atoms with E-state index in [0.29, 0.717) is 0 Å². The highest BCUT2D eigenvalue weighted by Gasteiger charge is 2.24. The summed E-state index contributed by atoms with van der Waals surface area (Å²) in [4.78, 5) is 11.7. The first-order valence-corrected chi connectivity index (χ1v) is 6.96. The number of thiophene rings is 1. The molecule has 5 heteroatoms. The molecule has 0 fully saturated rings. The van der Waals surface area contributed by atoms with Crippen LogP contribution in [0.5, 0.6) is 0 Å². The fourth-order valence-electron chi connectivity index (χ4n) is 1.90. The van der Waals surface area contributed by atoms with Gasteiger partial charge in [-0.05, 0) is 42.2 Å². The summed E-state index contributed by atoms with van der Waals surface area (Å²) in [6.45, 7) is 1.90. The number of nitrogens with one attached hydrogen (secondary N) is 2. The van der Waals surface area contributed by atoms with Gasteiger partial charge in [0.15, 0.2) is 0 Å². The smallest absolute Gasteiger partial charge is 0.315 e. The van der Waals surface area contributed by atoms with Gasteiger partial charge in [-0.3, -0.25) is 0 Å². The number of hydrogen-bond donors (Lipinski definition) is 3. The second kappa shape index (κ2) is 5.54. The Morgan fingerprint density at radius 2 is 2.28 bits per heavy atom. The topological polar surface area (TPSA) is 61.4 Å². The van der Waals surface area contributed by atoms with Crippen LogP contribution in [0.2, 0.25) is 0 Å². The van der Waals surface area contributed by atoms with Crippen LogP contribution in [0.4, 0.5) is 4.79 Å². The Balaban J connectivity index is 1.78. The summed E-state index contributed by atoms with van der Waals surface area (Å²) in [6, 6.07) is 1.83. The van der Waals surface area contributed by atoms with Crippen LogP contribution in [0.1, 0.15) is 25.3 Å². The fraction of sp³-hybridized carbons (Fsp3) is 0.462. The summed E-state index contributed by atoms with van der Waals surface area (Å²) in [5, 5.41) is 19.6. The summed E-state index contributed by atoms with van der Waals surface area (Å²) in [5.74, 6) is 0. The lowest BCUT2D eigenvalue weighted by Gasteiger charge is -2.23. The Kier molecular flexibility index (Phi) is 4.04. The quantitative estimate of drug-likeness (QED) is 0.730. The molecule has 18 heavy (non-hydrogen) atoms. The predicted molar refractivity (Wildman–Crippen MR) is 72.6 cm³/mol. The van der Waals surface area contributed by atoms with E-state index in [9.17, 15) is 9.90 Å². The Bertz CT molecular complexity index is 418. The third kappa shape index (κ3) is 3.34. The fourth-order valence-corrected chi connectivity index (χ4v) is 2.68. The Labute approximate surface area is 111 Å². The lowest BCUT2D eigenvalue weighted by Crippen LogP contribution is -2.46. The minimum absolute atomic E-state index is 0.191. The van der Waals surface area contributed by atoms with Gasteiger partial charge < -0.3 is 15.7 Å². The first kappa shape index (κ1) is 13.1. The molecule has 1 atom stereocenters. The highest BCUT2D eigenvalue weighted by molar-refractivity contribution is 7.08. The molecule has 1 aliphatic rings. The first-order valence-electron chi connectivity index (χ1n) is 6.02. The van der Waals surface area contributed by atoms with E-state index in [1.807, 2.05) is 16.8 Å². The number of amides is 2. The van der Waals surface area contributed by atoms with Crippen molar-refractivity contribution in [3.63, 3.8) is 0 Å². The monoisotopic (exact) mass is 266 g/mol. The van der Waals surface area contributed by atoms with E-state index in [-0.39, 0.29) is 18.6 Å². The molecule has 0 radical (unpaired) electrons. The molecule has 98 valence electrons. The average molecular weight is 266 g/mol. The van der Waals surface area contributed by atoms with Crippen molar-refractivity contribution in [3.8, 4) is 0 Å². The largest absolute Gasteiger partial charge is 0.384 e. The molecule has 4 nitrogen and oxygen atoms in total. The second-order valence-electron chi connectivity index (χ2n) is 4.75. The van der Waals surface area contributed by atoms with Crippen LogP contribution in [-0.4, -0.2) is 23.7 Å². The highest BCUT2D eigenvalue weighted by Crippen LogP contribution is 2.21. The molecule has 0 spiro atoms. The summed E-state index contributed by atoms with van der Waals surface area (Å²) in [6.07, 6.45) is 5.89. The van der Waals surface area contributed by atoms with Crippen LogP contribution in [0.3, 0.4) is 0 Å². The van der Waals surface area contributed by atoms with Crippen molar-refractivity contribution in [2.75, 3.05) is 6.54 Å². The molecule has 0 saturated carbocycles. The number of aliphatic hydroxyl groups is 1. The van der Waals surface area contributed by atoms with E-state index >= 15 is 0 Å². The van der Waals surface area contributed by atoms with E-state index in [1.54, 1.807) is 6.92 Å². The molecular weight excluding hydrogens is 248 g/mol. The van der Waals surface area contributed by atoms with E-state index in [4.69, 9.17) is 0 Å². The first-order chi connectivity index (χ1) is 8.58. The van der Waals surface area contributed by atoms with Gasteiger partial charge in [-0.25, -0.2) is 4.79 Å². The van der Waals surface area contributed by atoms with Crippen molar-refractivity contribution in [3.05, 3.63) is 34.5 Å². The zero-order chi connectivity index (χ0) is 13.0. The van der Waals surface area contributed by atoms with E-state index in [0.717, 1.165) is 18.4 Å². The van der Waals surface area contributed by atoms with Crippen molar-refractivity contribution >= 4 is 17.4 Å². The van der Waals surface area contributed by atoms with Crippen molar-refractivity contribution < 1.29 is 9.90 Å². The van der Waals surface area contributed by atoms with E-state index < -0.39 is 5.60 Å². The van der Waals surface area contributed by atoms with Crippen LogP contribution in [0, 0.1) is 0 Å². The third-order valence-electron chi connectivity index (χ3n) is 3.08. The van der Waals surface area contributed by atoms with Gasteiger partial charge in [-0.1, -0.05) is 12.2 Å². The molecule has 0 aromatic carbocycles. The normalized spacial score (nSPS) is 18.6. The molecule has 0 saturated heterocycles. The van der Waals surface area contributed by atoms with Crippen LogP contribution in [0.15, 0.2) is 29.0 Å². The predicted octanol–water partition coefficient (Wildman–Crippen LogP) is 1.97. The lowest BCUT2D eigenvalue weighted by molar-refractivity contribution is 0.0597. The molecule has 2 amide bonds. The maximum absolute atomic E-state index is 11.7. The SMILES string of the molecule is CC(O)(CNC(=O)NC1CC=CC1)c1ccsc1. The molecule has 1 unspecified atom stereocenters. The molecule has 1 aliphatic carbocycles. The molecule has 1 aromatic heterocycles. The number of hydrogen-bond acceptors (Lipinski definition) is 3. The van der Waals surface area contributed by atoms with Crippen molar-refractivity contribution in [1.29, 1.82) is 0 Å². The summed E-state index contributed by atoms with van der Waals surface area (Å²) in [5.41, 5.74) is -0.194. The Morgan fingerprint density at radius 3 is 2.89 bits per heavy atom. The van der Waals surface area contributed by atoms with Crippen LogP contribution in [0.25, 0.3) is 0 Å². The molecule has 0 bridgehead atoms. The second-order valence-corrected chi connectivity index (χ2v) is 5.53.